The van der Waals surface area contributed by atoms with Gasteiger partial charge in [0.1, 0.15) is 5.60 Å². The third-order valence-electron chi connectivity index (χ3n) is 7.77. The number of nitrogens with zero attached hydrogens (tertiary/aromatic N) is 4. The maximum absolute atomic E-state index is 13.9. The van der Waals surface area contributed by atoms with Crippen LogP contribution in [0.3, 0.4) is 0 Å². The summed E-state index contributed by atoms with van der Waals surface area (Å²) in [6, 6.07) is 17.8. The van der Waals surface area contributed by atoms with Gasteiger partial charge in [-0.15, -0.1) is 0 Å². The van der Waals surface area contributed by atoms with Gasteiger partial charge in [0.15, 0.2) is 17.2 Å². The summed E-state index contributed by atoms with van der Waals surface area (Å²) in [5.41, 5.74) is 3.95. The molecule has 194 valence electrons. The summed E-state index contributed by atoms with van der Waals surface area (Å²) in [6.07, 6.45) is 3.32. The summed E-state index contributed by atoms with van der Waals surface area (Å²) in [6.45, 7) is 9.23. The van der Waals surface area contributed by atoms with E-state index in [9.17, 15) is 9.59 Å². The molecule has 4 heterocycles. The zero-order valence-electron chi connectivity index (χ0n) is 22.3. The van der Waals surface area contributed by atoms with Crippen LogP contribution in [-0.4, -0.2) is 50.0 Å². The van der Waals surface area contributed by atoms with E-state index >= 15 is 0 Å². The number of hydrogen-bond acceptors (Lipinski definition) is 5. The minimum Gasteiger partial charge on any atom is -0.483 e. The Labute approximate surface area is 222 Å². The lowest BCUT2D eigenvalue weighted by molar-refractivity contribution is -0.00581. The van der Waals surface area contributed by atoms with Crippen LogP contribution >= 0.6 is 0 Å². The Hall–Kier alpha value is -4.00. The van der Waals surface area contributed by atoms with Gasteiger partial charge in [0.25, 0.3) is 5.91 Å². The number of carbonyl (C=O) groups is 2. The molecule has 4 aromatic rings. The highest BCUT2D eigenvalue weighted by Gasteiger charge is 2.45. The van der Waals surface area contributed by atoms with Gasteiger partial charge in [-0.05, 0) is 45.4 Å². The van der Waals surface area contributed by atoms with Crippen molar-refractivity contribution in [3.63, 3.8) is 0 Å². The standard InChI is InChI=1S/C31H32N4O3/c1-20-9-5-6-10-21(20)25-17-23(22-11-7-8-12-24(22)32-25)29(37)34-15-13-31(14-16-34)18-26(36)28-27(38-31)19-35(33-28)30(2,3)4/h5-12,17,19H,13-16,18H2,1-4H3. The lowest BCUT2D eigenvalue weighted by atomic mass is 9.83. The number of ether oxygens (including phenoxy) is 1. The fourth-order valence-corrected chi connectivity index (χ4v) is 5.53. The van der Waals surface area contributed by atoms with Crippen molar-refractivity contribution in [1.82, 2.24) is 19.7 Å². The molecule has 7 nitrogen and oxygen atoms in total. The van der Waals surface area contributed by atoms with Gasteiger partial charge in [-0.1, -0.05) is 42.5 Å². The number of aryl methyl sites for hydroxylation is 1. The number of pyridine rings is 1. The van der Waals surface area contributed by atoms with Gasteiger partial charge in [0.2, 0.25) is 0 Å². The topological polar surface area (TPSA) is 77.3 Å². The summed E-state index contributed by atoms with van der Waals surface area (Å²) < 4.78 is 8.25. The third-order valence-corrected chi connectivity index (χ3v) is 7.77. The molecule has 2 aliphatic rings. The van der Waals surface area contributed by atoms with E-state index in [0.717, 1.165) is 27.7 Å². The van der Waals surface area contributed by atoms with Crippen LogP contribution < -0.4 is 4.74 Å². The molecule has 2 aromatic heterocycles. The van der Waals surface area contributed by atoms with Crippen molar-refractivity contribution in [2.24, 2.45) is 0 Å². The Kier molecular flexibility index (Phi) is 5.63. The van der Waals surface area contributed by atoms with E-state index in [0.29, 0.717) is 49.4 Å². The number of hydrogen-bond donors (Lipinski definition) is 0. The smallest absolute Gasteiger partial charge is 0.254 e. The van der Waals surface area contributed by atoms with Crippen LogP contribution in [0.15, 0.2) is 60.8 Å². The van der Waals surface area contributed by atoms with Gasteiger partial charge >= 0.3 is 0 Å². The summed E-state index contributed by atoms with van der Waals surface area (Å²) >= 11 is 0. The number of benzene rings is 2. The molecule has 1 fully saturated rings. The van der Waals surface area contributed by atoms with Gasteiger partial charge in [-0.25, -0.2) is 4.98 Å². The Morgan fingerprint density at radius 3 is 2.47 bits per heavy atom. The Balaban J connectivity index is 1.27. The maximum atomic E-state index is 13.9. The number of ketones is 1. The van der Waals surface area contributed by atoms with Gasteiger partial charge in [0.05, 0.1) is 34.9 Å². The molecule has 0 aliphatic carbocycles. The number of amides is 1. The van der Waals surface area contributed by atoms with Crippen LogP contribution in [0.2, 0.25) is 0 Å². The van der Waals surface area contributed by atoms with E-state index < -0.39 is 5.60 Å². The zero-order chi connectivity index (χ0) is 26.7. The largest absolute Gasteiger partial charge is 0.483 e. The number of piperidine rings is 1. The molecule has 38 heavy (non-hydrogen) atoms. The number of carbonyl (C=O) groups excluding carboxylic acids is 2. The predicted octanol–water partition coefficient (Wildman–Crippen LogP) is 5.80. The van der Waals surface area contributed by atoms with Crippen LogP contribution in [-0.2, 0) is 5.54 Å². The highest BCUT2D eigenvalue weighted by molar-refractivity contribution is 6.07. The molecule has 2 aromatic carbocycles. The second-order valence-electron chi connectivity index (χ2n) is 11.5. The lowest BCUT2D eigenvalue weighted by Gasteiger charge is -2.43. The van der Waals surface area contributed by atoms with Crippen LogP contribution in [0.1, 0.15) is 66.4 Å². The van der Waals surface area contributed by atoms with Crippen molar-refractivity contribution in [3.8, 4) is 17.0 Å². The number of rotatable bonds is 2. The normalized spacial score (nSPS) is 16.9. The van der Waals surface area contributed by atoms with Crippen molar-refractivity contribution in [2.75, 3.05) is 13.1 Å². The fraction of sp³-hybridized carbons (Fsp3) is 0.355. The highest BCUT2D eigenvalue weighted by Crippen LogP contribution is 2.40. The number of para-hydroxylation sites is 1. The number of likely N-dealkylation sites (tertiary alicyclic amines) is 1. The van der Waals surface area contributed by atoms with Crippen molar-refractivity contribution in [3.05, 3.63) is 77.6 Å². The Morgan fingerprint density at radius 2 is 1.74 bits per heavy atom. The van der Waals surface area contributed by atoms with Gasteiger partial charge in [0, 0.05) is 36.9 Å². The van der Waals surface area contributed by atoms with Crippen LogP contribution in [0.4, 0.5) is 0 Å². The molecule has 0 atom stereocenters. The molecular weight excluding hydrogens is 476 g/mol. The number of fused-ring (bicyclic) bond motifs is 2. The summed E-state index contributed by atoms with van der Waals surface area (Å²) in [5.74, 6) is 0.549. The van der Waals surface area contributed by atoms with E-state index in [1.54, 1.807) is 4.68 Å². The average Bonchev–Trinajstić information content (AvgIpc) is 3.34. The number of Topliss-reactive ketones (excluding diaryl/α,β-unsaturated/α-hetero) is 1. The summed E-state index contributed by atoms with van der Waals surface area (Å²) in [4.78, 5) is 33.7. The SMILES string of the molecule is Cc1ccccc1-c1cc(C(=O)N2CCC3(CC2)CC(=O)c2nn(C(C)(C)C)cc2O3)c2ccccc2n1. The molecule has 0 saturated carbocycles. The first-order valence-corrected chi connectivity index (χ1v) is 13.2. The zero-order valence-corrected chi connectivity index (χ0v) is 22.3. The van der Waals surface area contributed by atoms with E-state index in [-0.39, 0.29) is 17.2 Å². The first-order chi connectivity index (χ1) is 18.1. The van der Waals surface area contributed by atoms with Crippen molar-refractivity contribution in [2.45, 2.75) is 58.1 Å². The molecule has 0 unspecified atom stereocenters. The molecule has 1 amide bonds. The van der Waals surface area contributed by atoms with Crippen molar-refractivity contribution < 1.29 is 14.3 Å². The molecule has 7 heteroatoms. The van der Waals surface area contributed by atoms with Gasteiger partial charge in [-0.3, -0.25) is 14.3 Å². The van der Waals surface area contributed by atoms with Crippen LogP contribution in [0, 0.1) is 6.92 Å². The third kappa shape index (κ3) is 4.16. The monoisotopic (exact) mass is 508 g/mol. The second kappa shape index (κ2) is 8.79. The molecular formula is C31H32N4O3. The lowest BCUT2D eigenvalue weighted by Crippen LogP contribution is -2.52. The Morgan fingerprint density at radius 1 is 1.03 bits per heavy atom. The van der Waals surface area contributed by atoms with Gasteiger partial charge in [-0.2, -0.15) is 5.10 Å². The van der Waals surface area contributed by atoms with E-state index in [1.807, 2.05) is 80.4 Å². The minimum absolute atomic E-state index is 0.0111. The van der Waals surface area contributed by atoms with E-state index in [2.05, 4.69) is 18.1 Å². The first-order valence-electron chi connectivity index (χ1n) is 13.2. The molecule has 6 rings (SSSR count). The highest BCUT2D eigenvalue weighted by atomic mass is 16.5. The molecule has 2 aliphatic heterocycles. The van der Waals surface area contributed by atoms with Crippen LogP contribution in [0.5, 0.6) is 5.75 Å². The van der Waals surface area contributed by atoms with E-state index in [1.165, 1.54) is 0 Å². The summed E-state index contributed by atoms with van der Waals surface area (Å²) in [5, 5.41) is 5.35. The molecule has 1 saturated heterocycles. The second-order valence-corrected chi connectivity index (χ2v) is 11.5. The predicted molar refractivity (Wildman–Crippen MR) is 147 cm³/mol. The van der Waals surface area contributed by atoms with Crippen molar-refractivity contribution in [1.29, 1.82) is 0 Å². The molecule has 0 radical (unpaired) electrons. The quantitative estimate of drug-likeness (QED) is 0.342. The van der Waals surface area contributed by atoms with Crippen molar-refractivity contribution >= 4 is 22.6 Å². The first kappa shape index (κ1) is 24.3. The fourth-order valence-electron chi connectivity index (χ4n) is 5.53. The average molecular weight is 509 g/mol. The molecule has 1 spiro atoms. The van der Waals surface area contributed by atoms with E-state index in [4.69, 9.17) is 9.72 Å². The Bertz CT molecular complexity index is 1570. The molecule has 0 N–H and O–H groups in total. The summed E-state index contributed by atoms with van der Waals surface area (Å²) in [7, 11) is 0. The maximum Gasteiger partial charge on any atom is 0.254 e. The molecule has 0 bridgehead atoms. The van der Waals surface area contributed by atoms with Gasteiger partial charge < -0.3 is 9.64 Å². The number of aromatic nitrogens is 3. The van der Waals surface area contributed by atoms with Crippen LogP contribution in [0.25, 0.3) is 22.2 Å². The minimum atomic E-state index is -0.598.